The molecule has 1 aromatic carbocycles. The van der Waals surface area contributed by atoms with Crippen molar-refractivity contribution in [2.24, 2.45) is 5.73 Å². The fourth-order valence-corrected chi connectivity index (χ4v) is 2.47. The van der Waals surface area contributed by atoms with Gasteiger partial charge in [0, 0.05) is 25.6 Å². The van der Waals surface area contributed by atoms with E-state index in [9.17, 15) is 13.2 Å². The lowest BCUT2D eigenvalue weighted by Gasteiger charge is -2.07. The van der Waals surface area contributed by atoms with Gasteiger partial charge in [0.15, 0.2) is 0 Å². The van der Waals surface area contributed by atoms with E-state index in [4.69, 9.17) is 18.0 Å². The zero-order valence-electron chi connectivity index (χ0n) is 10.3. The number of hydrogen-bond acceptors (Lipinski definition) is 4. The van der Waals surface area contributed by atoms with E-state index in [-0.39, 0.29) is 28.8 Å². The maximum absolute atomic E-state index is 11.9. The van der Waals surface area contributed by atoms with Crippen molar-refractivity contribution in [2.45, 2.75) is 11.3 Å². The van der Waals surface area contributed by atoms with Gasteiger partial charge in [-0.3, -0.25) is 4.79 Å². The first-order valence-electron chi connectivity index (χ1n) is 5.47. The van der Waals surface area contributed by atoms with E-state index in [0.29, 0.717) is 5.56 Å². The van der Waals surface area contributed by atoms with Crippen molar-refractivity contribution >= 4 is 33.1 Å². The van der Waals surface area contributed by atoms with Gasteiger partial charge in [-0.2, -0.15) is 0 Å². The van der Waals surface area contributed by atoms with Crippen LogP contribution >= 0.6 is 12.2 Å². The zero-order valence-corrected chi connectivity index (χ0v) is 12.0. The van der Waals surface area contributed by atoms with Crippen LogP contribution in [0.25, 0.3) is 0 Å². The van der Waals surface area contributed by atoms with Crippen LogP contribution in [0.1, 0.15) is 12.0 Å². The third-order valence-corrected chi connectivity index (χ3v) is 4.08. The molecule has 104 valence electrons. The van der Waals surface area contributed by atoms with Crippen LogP contribution in [0, 0.1) is 0 Å². The molecule has 8 heteroatoms. The van der Waals surface area contributed by atoms with Gasteiger partial charge in [0.05, 0.1) is 4.90 Å². The highest BCUT2D eigenvalue weighted by Crippen LogP contribution is 2.10. The van der Waals surface area contributed by atoms with Crippen LogP contribution < -0.4 is 15.8 Å². The largest absolute Gasteiger partial charge is 0.389 e. The SMILES string of the molecule is CNC(=O)CCNS(=O)(=O)c1ccc(C(N)=S)cc1. The molecule has 0 aliphatic heterocycles. The summed E-state index contributed by atoms with van der Waals surface area (Å²) in [6.45, 7) is 0.0407. The number of carbonyl (C=O) groups excluding carboxylic acids is 1. The average molecular weight is 301 g/mol. The molecule has 1 aromatic rings. The van der Waals surface area contributed by atoms with E-state index in [1.807, 2.05) is 0 Å². The van der Waals surface area contributed by atoms with Crippen molar-refractivity contribution < 1.29 is 13.2 Å². The smallest absolute Gasteiger partial charge is 0.240 e. The topological polar surface area (TPSA) is 101 Å². The van der Waals surface area contributed by atoms with Crippen LogP contribution in [-0.2, 0) is 14.8 Å². The standard InChI is InChI=1S/C11H15N3O3S2/c1-13-10(15)6-7-14-19(16,17)9-4-2-8(3-5-9)11(12)18/h2-5,14H,6-7H2,1H3,(H2,12,18)(H,13,15). The summed E-state index contributed by atoms with van der Waals surface area (Å²) >= 11 is 4.78. The van der Waals surface area contributed by atoms with Gasteiger partial charge in [-0.05, 0) is 12.1 Å². The predicted octanol–water partition coefficient (Wildman–Crippen LogP) is -0.265. The van der Waals surface area contributed by atoms with E-state index in [1.165, 1.54) is 31.3 Å². The number of benzene rings is 1. The molecule has 0 saturated heterocycles. The lowest BCUT2D eigenvalue weighted by atomic mass is 10.2. The summed E-state index contributed by atoms with van der Waals surface area (Å²) in [6.07, 6.45) is 0.0840. The zero-order chi connectivity index (χ0) is 14.5. The Bertz CT molecular complexity index is 567. The van der Waals surface area contributed by atoms with Crippen molar-refractivity contribution in [3.8, 4) is 0 Å². The fraction of sp³-hybridized carbons (Fsp3) is 0.273. The summed E-state index contributed by atoms with van der Waals surface area (Å²) in [5, 5.41) is 2.41. The molecule has 0 fully saturated rings. The van der Waals surface area contributed by atoms with Crippen LogP contribution in [-0.4, -0.2) is 32.9 Å². The predicted molar refractivity (Wildman–Crippen MR) is 76.2 cm³/mol. The van der Waals surface area contributed by atoms with Gasteiger partial charge in [-0.1, -0.05) is 24.4 Å². The highest BCUT2D eigenvalue weighted by atomic mass is 32.2. The third-order valence-electron chi connectivity index (χ3n) is 2.37. The summed E-state index contributed by atoms with van der Waals surface area (Å²) < 4.78 is 26.1. The van der Waals surface area contributed by atoms with Gasteiger partial charge in [0.1, 0.15) is 4.99 Å². The molecule has 0 aliphatic rings. The van der Waals surface area contributed by atoms with Crippen LogP contribution in [0.2, 0.25) is 0 Å². The summed E-state index contributed by atoms with van der Waals surface area (Å²) in [7, 11) is -2.13. The van der Waals surface area contributed by atoms with Gasteiger partial charge >= 0.3 is 0 Å². The molecule has 0 atom stereocenters. The molecule has 0 saturated carbocycles. The molecule has 0 aromatic heterocycles. The van der Waals surface area contributed by atoms with Crippen LogP contribution in [0.3, 0.4) is 0 Å². The molecular weight excluding hydrogens is 286 g/mol. The fourth-order valence-electron chi connectivity index (χ4n) is 1.31. The second-order valence-electron chi connectivity index (χ2n) is 3.71. The molecule has 0 heterocycles. The van der Waals surface area contributed by atoms with Gasteiger partial charge in [0.2, 0.25) is 15.9 Å². The van der Waals surface area contributed by atoms with Gasteiger partial charge in [-0.25, -0.2) is 13.1 Å². The number of nitrogens with two attached hydrogens (primary N) is 1. The summed E-state index contributed by atoms with van der Waals surface area (Å²) in [5.41, 5.74) is 6.02. The average Bonchev–Trinajstić information content (AvgIpc) is 2.38. The molecule has 0 bridgehead atoms. The number of hydrogen-bond donors (Lipinski definition) is 3. The van der Waals surface area contributed by atoms with E-state index < -0.39 is 10.0 Å². The van der Waals surface area contributed by atoms with Crippen LogP contribution in [0.15, 0.2) is 29.2 Å². The van der Waals surface area contributed by atoms with Crippen molar-refractivity contribution in [3.63, 3.8) is 0 Å². The Morgan fingerprint density at radius 2 is 1.89 bits per heavy atom. The lowest BCUT2D eigenvalue weighted by Crippen LogP contribution is -2.29. The molecule has 4 N–H and O–H groups in total. The van der Waals surface area contributed by atoms with Crippen molar-refractivity contribution in [1.29, 1.82) is 0 Å². The number of sulfonamides is 1. The second-order valence-corrected chi connectivity index (χ2v) is 5.92. The lowest BCUT2D eigenvalue weighted by molar-refractivity contribution is -0.120. The normalized spacial score (nSPS) is 11.0. The molecule has 0 unspecified atom stereocenters. The Balaban J connectivity index is 2.72. The number of thiocarbonyl (C=S) groups is 1. The number of nitrogens with one attached hydrogen (secondary N) is 2. The highest BCUT2D eigenvalue weighted by molar-refractivity contribution is 7.89. The quantitative estimate of drug-likeness (QED) is 0.628. The van der Waals surface area contributed by atoms with E-state index in [2.05, 4.69) is 10.0 Å². The van der Waals surface area contributed by atoms with E-state index >= 15 is 0 Å². The number of rotatable bonds is 6. The molecule has 1 rings (SSSR count). The Kier molecular flexibility index (Phi) is 5.40. The van der Waals surface area contributed by atoms with Crippen LogP contribution in [0.4, 0.5) is 0 Å². The molecule has 1 amide bonds. The molecule has 0 spiro atoms. The Hall–Kier alpha value is -1.51. The first-order chi connectivity index (χ1) is 8.86. The van der Waals surface area contributed by atoms with Crippen molar-refractivity contribution in [3.05, 3.63) is 29.8 Å². The number of carbonyl (C=O) groups is 1. The first kappa shape index (κ1) is 15.5. The van der Waals surface area contributed by atoms with Gasteiger partial charge in [0.25, 0.3) is 0 Å². The maximum Gasteiger partial charge on any atom is 0.240 e. The molecular formula is C11H15N3O3S2. The van der Waals surface area contributed by atoms with Crippen molar-refractivity contribution in [2.75, 3.05) is 13.6 Å². The summed E-state index contributed by atoms with van der Waals surface area (Å²) in [6, 6.07) is 5.90. The molecule has 0 radical (unpaired) electrons. The minimum absolute atomic E-state index is 0.0407. The molecule has 6 nitrogen and oxygen atoms in total. The number of amides is 1. The van der Waals surface area contributed by atoms with Gasteiger partial charge in [-0.15, -0.1) is 0 Å². The Morgan fingerprint density at radius 1 is 1.32 bits per heavy atom. The molecule has 19 heavy (non-hydrogen) atoms. The van der Waals surface area contributed by atoms with Crippen molar-refractivity contribution in [1.82, 2.24) is 10.0 Å². The van der Waals surface area contributed by atoms with E-state index in [1.54, 1.807) is 0 Å². The van der Waals surface area contributed by atoms with Gasteiger partial charge < -0.3 is 11.1 Å². The highest BCUT2D eigenvalue weighted by Gasteiger charge is 2.13. The third kappa shape index (κ3) is 4.58. The Labute approximate surface area is 117 Å². The summed E-state index contributed by atoms with van der Waals surface area (Å²) in [5.74, 6) is -0.230. The maximum atomic E-state index is 11.9. The monoisotopic (exact) mass is 301 g/mol. The minimum Gasteiger partial charge on any atom is -0.389 e. The Morgan fingerprint density at radius 3 is 2.37 bits per heavy atom. The van der Waals surface area contributed by atoms with E-state index in [0.717, 1.165) is 0 Å². The van der Waals surface area contributed by atoms with Crippen LogP contribution in [0.5, 0.6) is 0 Å². The second kappa shape index (κ2) is 6.60. The minimum atomic E-state index is -3.62. The molecule has 0 aliphatic carbocycles. The summed E-state index contributed by atoms with van der Waals surface area (Å²) in [4.78, 5) is 11.3. The first-order valence-corrected chi connectivity index (χ1v) is 7.36.